The first-order valence-corrected chi connectivity index (χ1v) is 7.88. The number of benzene rings is 1. The fourth-order valence-electron chi connectivity index (χ4n) is 2.95. The lowest BCUT2D eigenvalue weighted by Gasteiger charge is -2.13. The number of aryl methyl sites for hydroxylation is 1. The summed E-state index contributed by atoms with van der Waals surface area (Å²) in [5.41, 5.74) is 3.67. The van der Waals surface area contributed by atoms with Gasteiger partial charge in [0.05, 0.1) is 7.11 Å². The third-order valence-electron chi connectivity index (χ3n) is 4.06. The second kappa shape index (κ2) is 7.18. The molecule has 2 rings (SSSR count). The summed E-state index contributed by atoms with van der Waals surface area (Å²) >= 11 is 0. The van der Waals surface area contributed by atoms with E-state index in [2.05, 4.69) is 18.4 Å². The molecule has 0 unspecified atom stereocenters. The maximum Gasteiger partial charge on any atom is 0.203 e. The first kappa shape index (κ1) is 17.6. The molecule has 0 aliphatic heterocycles. The Kier molecular flexibility index (Phi) is 5.25. The van der Waals surface area contributed by atoms with Gasteiger partial charge in [0.25, 0.3) is 0 Å². The predicted octanol–water partition coefficient (Wildman–Crippen LogP) is 4.48. The lowest BCUT2D eigenvalue weighted by atomic mass is 10.0. The number of methoxy groups -OCH3 is 1. The lowest BCUT2D eigenvalue weighted by Crippen LogP contribution is -2.05. The van der Waals surface area contributed by atoms with E-state index in [1.807, 2.05) is 26.0 Å². The number of ether oxygens (including phenoxy) is 1. The van der Waals surface area contributed by atoms with Crippen molar-refractivity contribution in [3.05, 3.63) is 58.4 Å². The van der Waals surface area contributed by atoms with Crippen molar-refractivity contribution in [1.82, 2.24) is 4.57 Å². The van der Waals surface area contributed by atoms with Crippen molar-refractivity contribution < 1.29 is 9.53 Å². The van der Waals surface area contributed by atoms with Crippen LogP contribution in [-0.2, 0) is 0 Å². The first-order chi connectivity index (χ1) is 11.4. The standard InChI is InChI=1S/C20H22N2O2/c1-13(2)22-14(3)10-17(15(22)4)11-18(12-21)20(23)16-6-8-19(24-5)9-7-16/h6-11,13H,1-5H3/b18-11+. The minimum Gasteiger partial charge on any atom is -0.497 e. The molecule has 0 amide bonds. The number of hydrogen-bond donors (Lipinski definition) is 0. The summed E-state index contributed by atoms with van der Waals surface area (Å²) in [7, 11) is 1.57. The second-order valence-corrected chi connectivity index (χ2v) is 6.02. The molecular formula is C20H22N2O2. The van der Waals surface area contributed by atoms with Crippen LogP contribution in [0.3, 0.4) is 0 Å². The van der Waals surface area contributed by atoms with Crippen LogP contribution < -0.4 is 4.74 Å². The number of nitrogens with zero attached hydrogens (tertiary/aromatic N) is 2. The van der Waals surface area contributed by atoms with Gasteiger partial charge in [0.15, 0.2) is 0 Å². The summed E-state index contributed by atoms with van der Waals surface area (Å²) in [6.45, 7) is 8.26. The Balaban J connectivity index is 2.41. The third-order valence-corrected chi connectivity index (χ3v) is 4.06. The van der Waals surface area contributed by atoms with Crippen molar-refractivity contribution in [3.63, 3.8) is 0 Å². The highest BCUT2D eigenvalue weighted by atomic mass is 16.5. The number of aromatic nitrogens is 1. The van der Waals surface area contributed by atoms with Crippen LogP contribution in [0.4, 0.5) is 0 Å². The van der Waals surface area contributed by atoms with E-state index in [1.54, 1.807) is 37.5 Å². The highest BCUT2D eigenvalue weighted by Crippen LogP contribution is 2.23. The minimum atomic E-state index is -0.283. The molecule has 0 atom stereocenters. The summed E-state index contributed by atoms with van der Waals surface area (Å²) in [5, 5.41) is 9.43. The molecule has 0 fully saturated rings. The number of allylic oxidation sites excluding steroid dienone is 1. The van der Waals surface area contributed by atoms with E-state index in [-0.39, 0.29) is 11.4 Å². The van der Waals surface area contributed by atoms with Gasteiger partial charge >= 0.3 is 0 Å². The zero-order valence-electron chi connectivity index (χ0n) is 14.8. The van der Waals surface area contributed by atoms with E-state index in [9.17, 15) is 10.1 Å². The van der Waals surface area contributed by atoms with Crippen molar-refractivity contribution in [2.45, 2.75) is 33.7 Å². The van der Waals surface area contributed by atoms with Gasteiger partial charge in [0.2, 0.25) is 5.78 Å². The number of carbonyl (C=O) groups is 1. The molecule has 124 valence electrons. The summed E-state index contributed by atoms with van der Waals surface area (Å²) < 4.78 is 7.28. The van der Waals surface area contributed by atoms with E-state index < -0.39 is 0 Å². The molecule has 1 aromatic carbocycles. The molecule has 1 aromatic heterocycles. The lowest BCUT2D eigenvalue weighted by molar-refractivity contribution is 0.104. The quantitative estimate of drug-likeness (QED) is 0.463. The summed E-state index contributed by atoms with van der Waals surface area (Å²) in [6, 6.07) is 11.1. The molecule has 0 aliphatic carbocycles. The fourth-order valence-corrected chi connectivity index (χ4v) is 2.95. The summed E-state index contributed by atoms with van der Waals surface area (Å²) in [5.74, 6) is 0.393. The topological polar surface area (TPSA) is 55.0 Å². The van der Waals surface area contributed by atoms with E-state index in [0.29, 0.717) is 17.4 Å². The van der Waals surface area contributed by atoms with E-state index in [0.717, 1.165) is 17.0 Å². The molecule has 0 radical (unpaired) electrons. The van der Waals surface area contributed by atoms with Gasteiger partial charge in [-0.2, -0.15) is 5.26 Å². The number of ketones is 1. The van der Waals surface area contributed by atoms with Crippen molar-refractivity contribution in [1.29, 1.82) is 5.26 Å². The average molecular weight is 322 g/mol. The van der Waals surface area contributed by atoms with Crippen LogP contribution in [-0.4, -0.2) is 17.5 Å². The Hall–Kier alpha value is -2.80. The van der Waals surface area contributed by atoms with Gasteiger partial charge in [0.1, 0.15) is 17.4 Å². The summed E-state index contributed by atoms with van der Waals surface area (Å²) in [6.07, 6.45) is 1.67. The highest BCUT2D eigenvalue weighted by Gasteiger charge is 2.15. The Bertz CT molecular complexity index is 819. The van der Waals surface area contributed by atoms with E-state index in [4.69, 9.17) is 4.74 Å². The number of rotatable bonds is 5. The monoisotopic (exact) mass is 322 g/mol. The first-order valence-electron chi connectivity index (χ1n) is 7.88. The molecule has 4 nitrogen and oxygen atoms in total. The normalized spacial score (nSPS) is 11.5. The third kappa shape index (κ3) is 3.41. The SMILES string of the molecule is COc1ccc(C(=O)/C(C#N)=C/c2cc(C)n(C(C)C)c2C)cc1. The van der Waals surface area contributed by atoms with Gasteiger partial charge in [-0.1, -0.05) is 0 Å². The average Bonchev–Trinajstić information content (AvgIpc) is 2.85. The molecule has 0 spiro atoms. The van der Waals surface area contributed by atoms with Crippen molar-refractivity contribution in [2.24, 2.45) is 0 Å². The number of carbonyl (C=O) groups excluding carboxylic acids is 1. The summed E-state index contributed by atoms with van der Waals surface area (Å²) in [4.78, 5) is 12.6. The number of hydrogen-bond acceptors (Lipinski definition) is 3. The van der Waals surface area contributed by atoms with Crippen LogP contribution in [0.1, 0.15) is 47.2 Å². The molecule has 0 bridgehead atoms. The molecule has 0 saturated heterocycles. The van der Waals surface area contributed by atoms with Gasteiger partial charge in [0, 0.05) is 23.0 Å². The van der Waals surface area contributed by atoms with Crippen molar-refractivity contribution in [2.75, 3.05) is 7.11 Å². The number of nitriles is 1. The Morgan fingerprint density at radius 3 is 2.33 bits per heavy atom. The maximum absolute atomic E-state index is 12.6. The van der Waals surface area contributed by atoms with Crippen LogP contribution in [0.15, 0.2) is 35.9 Å². The maximum atomic E-state index is 12.6. The molecule has 24 heavy (non-hydrogen) atoms. The van der Waals surface area contributed by atoms with Crippen LogP contribution in [0.5, 0.6) is 5.75 Å². The Morgan fingerprint density at radius 2 is 1.88 bits per heavy atom. The van der Waals surface area contributed by atoms with Crippen LogP contribution >= 0.6 is 0 Å². The van der Waals surface area contributed by atoms with Crippen LogP contribution in [0, 0.1) is 25.2 Å². The van der Waals surface area contributed by atoms with Gasteiger partial charge in [-0.25, -0.2) is 0 Å². The predicted molar refractivity (Wildman–Crippen MR) is 95.2 cm³/mol. The van der Waals surface area contributed by atoms with Crippen LogP contribution in [0.25, 0.3) is 6.08 Å². The second-order valence-electron chi connectivity index (χ2n) is 6.02. The van der Waals surface area contributed by atoms with Gasteiger partial charge < -0.3 is 9.30 Å². The van der Waals surface area contributed by atoms with Gasteiger partial charge in [-0.3, -0.25) is 4.79 Å². The zero-order chi connectivity index (χ0) is 17.9. The van der Waals surface area contributed by atoms with Crippen molar-refractivity contribution >= 4 is 11.9 Å². The minimum absolute atomic E-state index is 0.129. The Labute approximate surface area is 143 Å². The Morgan fingerprint density at radius 1 is 1.25 bits per heavy atom. The molecule has 2 aromatic rings. The zero-order valence-corrected chi connectivity index (χ0v) is 14.8. The smallest absolute Gasteiger partial charge is 0.203 e. The molecule has 0 saturated carbocycles. The van der Waals surface area contributed by atoms with Crippen molar-refractivity contribution in [3.8, 4) is 11.8 Å². The van der Waals surface area contributed by atoms with E-state index in [1.165, 1.54) is 0 Å². The highest BCUT2D eigenvalue weighted by molar-refractivity contribution is 6.14. The van der Waals surface area contributed by atoms with Crippen LogP contribution in [0.2, 0.25) is 0 Å². The number of Topliss-reactive ketones (excluding diaryl/α,β-unsaturated/α-hetero) is 1. The fraction of sp³-hybridized carbons (Fsp3) is 0.300. The van der Waals surface area contributed by atoms with Gasteiger partial charge in [-0.05, 0) is 69.7 Å². The molecular weight excluding hydrogens is 300 g/mol. The van der Waals surface area contributed by atoms with Gasteiger partial charge in [-0.15, -0.1) is 0 Å². The van der Waals surface area contributed by atoms with E-state index >= 15 is 0 Å². The molecule has 0 N–H and O–H groups in total. The largest absolute Gasteiger partial charge is 0.497 e. The molecule has 4 heteroatoms. The molecule has 0 aliphatic rings. The molecule has 1 heterocycles.